The van der Waals surface area contributed by atoms with Crippen molar-refractivity contribution in [3.05, 3.63) is 45.0 Å². The third-order valence-electron chi connectivity index (χ3n) is 2.20. The number of nitrogens with one attached hydrogen (secondary N) is 2. The standard InChI is InChI=1S/C11H7BrClN3O2/c12-9-8(5-17)15-16-10(9)14-11(18)6-3-1-2-4-7(6)13/h1-5H,(H2,14,15,16,18). The van der Waals surface area contributed by atoms with Crippen molar-refractivity contribution in [3.63, 3.8) is 0 Å². The number of benzene rings is 1. The molecule has 0 saturated carbocycles. The van der Waals surface area contributed by atoms with Gasteiger partial charge in [-0.15, -0.1) is 0 Å². The maximum Gasteiger partial charge on any atom is 0.258 e. The highest BCUT2D eigenvalue weighted by Gasteiger charge is 2.15. The van der Waals surface area contributed by atoms with Crippen molar-refractivity contribution >= 4 is 45.5 Å². The molecule has 0 aliphatic carbocycles. The average molecular weight is 329 g/mol. The fraction of sp³-hybridized carbons (Fsp3) is 0. The van der Waals surface area contributed by atoms with Crippen LogP contribution in [0.2, 0.25) is 5.02 Å². The van der Waals surface area contributed by atoms with Crippen LogP contribution in [0.25, 0.3) is 0 Å². The van der Waals surface area contributed by atoms with E-state index in [4.69, 9.17) is 11.6 Å². The molecular formula is C11H7BrClN3O2. The van der Waals surface area contributed by atoms with Gasteiger partial charge in [-0.05, 0) is 28.1 Å². The number of carbonyl (C=O) groups is 2. The SMILES string of the molecule is O=Cc1[nH]nc(NC(=O)c2ccccc2Cl)c1Br. The molecule has 0 aliphatic rings. The molecule has 1 aromatic heterocycles. The Morgan fingerprint density at radius 2 is 2.17 bits per heavy atom. The predicted molar refractivity (Wildman–Crippen MR) is 71.1 cm³/mol. The molecule has 0 fully saturated rings. The Labute approximate surface area is 116 Å². The molecular weight excluding hydrogens is 321 g/mol. The number of aldehydes is 1. The molecule has 1 amide bonds. The molecule has 1 heterocycles. The lowest BCUT2D eigenvalue weighted by atomic mass is 10.2. The van der Waals surface area contributed by atoms with Crippen LogP contribution in [0, 0.1) is 0 Å². The molecule has 0 aliphatic heterocycles. The molecule has 0 radical (unpaired) electrons. The van der Waals surface area contributed by atoms with Gasteiger partial charge in [0.05, 0.1) is 15.1 Å². The van der Waals surface area contributed by atoms with Gasteiger partial charge in [-0.1, -0.05) is 23.7 Å². The fourth-order valence-corrected chi connectivity index (χ4v) is 1.91. The van der Waals surface area contributed by atoms with Crippen LogP contribution < -0.4 is 5.32 Å². The van der Waals surface area contributed by atoms with Crippen LogP contribution in [0.4, 0.5) is 5.82 Å². The smallest absolute Gasteiger partial charge is 0.258 e. The van der Waals surface area contributed by atoms with Crippen molar-refractivity contribution in [1.29, 1.82) is 0 Å². The molecule has 0 spiro atoms. The molecule has 0 unspecified atom stereocenters. The molecule has 0 saturated heterocycles. The normalized spacial score (nSPS) is 10.1. The average Bonchev–Trinajstić information content (AvgIpc) is 2.71. The third kappa shape index (κ3) is 2.44. The Morgan fingerprint density at radius 1 is 1.44 bits per heavy atom. The topological polar surface area (TPSA) is 74.8 Å². The first-order valence-electron chi connectivity index (χ1n) is 4.88. The number of carbonyl (C=O) groups excluding carboxylic acids is 2. The first kappa shape index (κ1) is 12.8. The van der Waals surface area contributed by atoms with Crippen LogP contribution in [-0.4, -0.2) is 22.4 Å². The largest absolute Gasteiger partial charge is 0.304 e. The van der Waals surface area contributed by atoms with E-state index >= 15 is 0 Å². The zero-order chi connectivity index (χ0) is 13.1. The van der Waals surface area contributed by atoms with Gasteiger partial charge in [0.15, 0.2) is 12.1 Å². The predicted octanol–water partition coefficient (Wildman–Crippen LogP) is 2.89. The lowest BCUT2D eigenvalue weighted by Gasteiger charge is -2.04. The van der Waals surface area contributed by atoms with Crippen LogP contribution in [0.5, 0.6) is 0 Å². The minimum absolute atomic E-state index is 0.238. The molecule has 0 atom stereocenters. The molecule has 7 heteroatoms. The number of halogens is 2. The zero-order valence-electron chi connectivity index (χ0n) is 8.91. The molecule has 2 N–H and O–H groups in total. The van der Waals surface area contributed by atoms with Crippen LogP contribution in [0.15, 0.2) is 28.7 Å². The van der Waals surface area contributed by atoms with Gasteiger partial charge < -0.3 is 5.32 Å². The van der Waals surface area contributed by atoms with Crippen molar-refractivity contribution in [2.24, 2.45) is 0 Å². The highest BCUT2D eigenvalue weighted by molar-refractivity contribution is 9.10. The van der Waals surface area contributed by atoms with E-state index in [2.05, 4.69) is 31.4 Å². The van der Waals surface area contributed by atoms with Crippen molar-refractivity contribution in [2.75, 3.05) is 5.32 Å². The number of H-pyrrole nitrogens is 1. The quantitative estimate of drug-likeness (QED) is 0.851. The molecule has 2 rings (SSSR count). The third-order valence-corrected chi connectivity index (χ3v) is 3.33. The second-order valence-electron chi connectivity index (χ2n) is 3.35. The van der Waals surface area contributed by atoms with Crippen molar-refractivity contribution in [2.45, 2.75) is 0 Å². The van der Waals surface area contributed by atoms with Gasteiger partial charge in [0.25, 0.3) is 5.91 Å². The summed E-state index contributed by atoms with van der Waals surface area (Å²) < 4.78 is 0.401. The monoisotopic (exact) mass is 327 g/mol. The van der Waals surface area contributed by atoms with E-state index in [0.29, 0.717) is 21.3 Å². The molecule has 0 bridgehead atoms. The number of aromatic nitrogens is 2. The molecule has 92 valence electrons. The Balaban J connectivity index is 2.24. The lowest BCUT2D eigenvalue weighted by molar-refractivity contribution is 0.102. The first-order chi connectivity index (χ1) is 8.63. The van der Waals surface area contributed by atoms with Crippen molar-refractivity contribution in [3.8, 4) is 0 Å². The summed E-state index contributed by atoms with van der Waals surface area (Å²) in [6.45, 7) is 0. The maximum absolute atomic E-state index is 11.9. The number of hydrogen-bond donors (Lipinski definition) is 2. The Kier molecular flexibility index (Phi) is 3.78. The van der Waals surface area contributed by atoms with E-state index in [9.17, 15) is 9.59 Å². The second kappa shape index (κ2) is 5.32. The molecule has 2 aromatic rings. The highest BCUT2D eigenvalue weighted by Crippen LogP contribution is 2.24. The summed E-state index contributed by atoms with van der Waals surface area (Å²) in [6.07, 6.45) is 0.599. The minimum atomic E-state index is -0.398. The number of anilines is 1. The number of hydrogen-bond acceptors (Lipinski definition) is 3. The number of rotatable bonds is 3. The van der Waals surface area contributed by atoms with Crippen molar-refractivity contribution in [1.82, 2.24) is 10.2 Å². The number of aromatic amines is 1. The Bertz CT molecular complexity index is 612. The first-order valence-corrected chi connectivity index (χ1v) is 6.05. The van der Waals surface area contributed by atoms with Gasteiger partial charge in [-0.3, -0.25) is 14.7 Å². The van der Waals surface area contributed by atoms with Gasteiger partial charge in [0.1, 0.15) is 5.69 Å². The van der Waals surface area contributed by atoms with E-state index in [1.54, 1.807) is 24.3 Å². The second-order valence-corrected chi connectivity index (χ2v) is 4.55. The summed E-state index contributed by atoms with van der Waals surface area (Å²) in [6, 6.07) is 6.65. The lowest BCUT2D eigenvalue weighted by Crippen LogP contribution is -2.13. The van der Waals surface area contributed by atoms with E-state index in [1.165, 1.54) is 0 Å². The van der Waals surface area contributed by atoms with E-state index < -0.39 is 5.91 Å². The molecule has 18 heavy (non-hydrogen) atoms. The summed E-state index contributed by atoms with van der Waals surface area (Å²) in [4.78, 5) is 22.5. The highest BCUT2D eigenvalue weighted by atomic mass is 79.9. The summed E-state index contributed by atoms with van der Waals surface area (Å²) >= 11 is 9.06. The van der Waals surface area contributed by atoms with Gasteiger partial charge in [0, 0.05) is 0 Å². The van der Waals surface area contributed by atoms with E-state index in [-0.39, 0.29) is 11.5 Å². The van der Waals surface area contributed by atoms with Gasteiger partial charge in [-0.2, -0.15) is 5.10 Å². The van der Waals surface area contributed by atoms with Gasteiger partial charge in [0.2, 0.25) is 0 Å². The van der Waals surface area contributed by atoms with Crippen LogP contribution in [0.1, 0.15) is 20.8 Å². The summed E-state index contributed by atoms with van der Waals surface area (Å²) in [5.41, 5.74) is 0.589. The van der Waals surface area contributed by atoms with Gasteiger partial charge in [-0.25, -0.2) is 0 Å². The summed E-state index contributed by atoms with van der Waals surface area (Å²) in [5, 5.41) is 9.18. The minimum Gasteiger partial charge on any atom is -0.304 e. The number of amides is 1. The molecule has 5 nitrogen and oxygen atoms in total. The Hall–Kier alpha value is -1.66. The summed E-state index contributed by atoms with van der Waals surface area (Å²) in [5.74, 6) is -0.160. The van der Waals surface area contributed by atoms with Crippen LogP contribution in [-0.2, 0) is 0 Å². The van der Waals surface area contributed by atoms with E-state index in [1.807, 2.05) is 0 Å². The van der Waals surface area contributed by atoms with Crippen LogP contribution in [0.3, 0.4) is 0 Å². The summed E-state index contributed by atoms with van der Waals surface area (Å²) in [7, 11) is 0. The van der Waals surface area contributed by atoms with Gasteiger partial charge >= 0.3 is 0 Å². The van der Waals surface area contributed by atoms with E-state index in [0.717, 1.165) is 0 Å². The number of nitrogens with zero attached hydrogens (tertiary/aromatic N) is 1. The van der Waals surface area contributed by atoms with Crippen LogP contribution >= 0.6 is 27.5 Å². The van der Waals surface area contributed by atoms with Crippen molar-refractivity contribution < 1.29 is 9.59 Å². The molecule has 1 aromatic carbocycles. The Morgan fingerprint density at radius 3 is 2.78 bits per heavy atom. The maximum atomic E-state index is 11.9. The fourth-order valence-electron chi connectivity index (χ4n) is 1.32. The zero-order valence-corrected chi connectivity index (χ0v) is 11.2.